The molecule has 0 bridgehead atoms. The smallest absolute Gasteiger partial charge is 0.338 e. The number of nitriles is 1. The molecule has 2 aromatic rings. The largest absolute Gasteiger partial charge is 0.452 e. The zero-order valence-electron chi connectivity index (χ0n) is 14.9. The molecular weight excluding hydrogens is 386 g/mol. The average molecular weight is 402 g/mol. The molecule has 0 aliphatic carbocycles. The summed E-state index contributed by atoms with van der Waals surface area (Å²) < 4.78 is 5.01. The minimum atomic E-state index is -0.859. The van der Waals surface area contributed by atoms with Crippen LogP contribution >= 0.6 is 11.6 Å². The van der Waals surface area contributed by atoms with Crippen molar-refractivity contribution in [2.24, 2.45) is 0 Å². The zero-order chi connectivity index (χ0) is 20.7. The number of nitro groups is 1. The van der Waals surface area contributed by atoms with E-state index in [9.17, 15) is 19.7 Å². The van der Waals surface area contributed by atoms with Crippen LogP contribution in [0.25, 0.3) is 0 Å². The van der Waals surface area contributed by atoms with Crippen LogP contribution in [0.1, 0.15) is 22.3 Å². The third-order valence-electron chi connectivity index (χ3n) is 3.84. The van der Waals surface area contributed by atoms with Crippen LogP contribution in [0.4, 0.5) is 11.4 Å². The first-order chi connectivity index (χ1) is 13.3. The van der Waals surface area contributed by atoms with Crippen molar-refractivity contribution in [1.29, 1.82) is 5.26 Å². The number of nitrogens with zero attached hydrogens (tertiary/aromatic N) is 3. The Morgan fingerprint density at radius 1 is 1.29 bits per heavy atom. The van der Waals surface area contributed by atoms with Crippen LogP contribution < -0.4 is 4.90 Å². The van der Waals surface area contributed by atoms with Gasteiger partial charge in [-0.25, -0.2) is 4.79 Å². The Hall–Kier alpha value is -3.44. The van der Waals surface area contributed by atoms with Crippen LogP contribution in [0.5, 0.6) is 0 Å². The second kappa shape index (κ2) is 9.48. The molecule has 0 saturated heterocycles. The number of amides is 1. The second-order valence-electron chi connectivity index (χ2n) is 5.77. The molecule has 0 fully saturated rings. The van der Waals surface area contributed by atoms with Crippen LogP contribution in [-0.2, 0) is 9.53 Å². The molecule has 0 atom stereocenters. The van der Waals surface area contributed by atoms with Gasteiger partial charge in [0.15, 0.2) is 6.61 Å². The predicted octanol–water partition coefficient (Wildman–Crippen LogP) is 3.66. The SMILES string of the molecule is Cc1ccc(C(=O)OCC(=O)N(CCC#N)c2cccc(Cl)c2)cc1[N+](=O)[O-]. The molecule has 0 N–H and O–H groups in total. The van der Waals surface area contributed by atoms with Crippen LogP contribution in [-0.4, -0.2) is 30.0 Å². The number of carbonyl (C=O) groups excluding carboxylic acids is 2. The first-order valence-electron chi connectivity index (χ1n) is 8.18. The second-order valence-corrected chi connectivity index (χ2v) is 6.20. The van der Waals surface area contributed by atoms with Crippen molar-refractivity contribution in [3.8, 4) is 6.07 Å². The van der Waals surface area contributed by atoms with Gasteiger partial charge in [-0.05, 0) is 31.2 Å². The number of hydrogen-bond acceptors (Lipinski definition) is 6. The Kier molecular flexibility index (Phi) is 7.07. The zero-order valence-corrected chi connectivity index (χ0v) is 15.7. The van der Waals surface area contributed by atoms with Crippen molar-refractivity contribution in [3.63, 3.8) is 0 Å². The van der Waals surface area contributed by atoms with Crippen molar-refractivity contribution in [2.75, 3.05) is 18.1 Å². The molecule has 1 amide bonds. The predicted molar refractivity (Wildman–Crippen MR) is 102 cm³/mol. The molecule has 0 aromatic heterocycles. The summed E-state index contributed by atoms with van der Waals surface area (Å²) in [6, 6.07) is 12.4. The van der Waals surface area contributed by atoms with Gasteiger partial charge >= 0.3 is 5.97 Å². The summed E-state index contributed by atoms with van der Waals surface area (Å²) in [5.74, 6) is -1.41. The van der Waals surface area contributed by atoms with E-state index in [1.165, 1.54) is 17.0 Å². The standard InChI is InChI=1S/C19H16ClN3O5/c1-13-6-7-14(10-17(13)23(26)27)19(25)28-12-18(24)22(9-3-8-21)16-5-2-4-15(20)11-16/h2,4-7,10-11H,3,9,12H2,1H3. The van der Waals surface area contributed by atoms with Gasteiger partial charge in [0, 0.05) is 28.9 Å². The lowest BCUT2D eigenvalue weighted by atomic mass is 10.1. The van der Waals surface area contributed by atoms with E-state index in [0.717, 1.165) is 6.07 Å². The highest BCUT2D eigenvalue weighted by Gasteiger charge is 2.20. The summed E-state index contributed by atoms with van der Waals surface area (Å²) in [5.41, 5.74) is 0.628. The molecule has 144 valence electrons. The third-order valence-corrected chi connectivity index (χ3v) is 4.07. The minimum Gasteiger partial charge on any atom is -0.452 e. The first kappa shape index (κ1) is 20.9. The number of ether oxygens (including phenoxy) is 1. The molecule has 9 heteroatoms. The summed E-state index contributed by atoms with van der Waals surface area (Å²) in [6.45, 7) is 1.07. The van der Waals surface area contributed by atoms with Crippen molar-refractivity contribution in [1.82, 2.24) is 0 Å². The number of anilines is 1. The normalized spacial score (nSPS) is 10.0. The van der Waals surface area contributed by atoms with Gasteiger partial charge in [0.25, 0.3) is 11.6 Å². The summed E-state index contributed by atoms with van der Waals surface area (Å²) in [4.78, 5) is 36.4. The van der Waals surface area contributed by atoms with Crippen molar-refractivity contribution >= 4 is 34.9 Å². The van der Waals surface area contributed by atoms with Crippen LogP contribution in [0.3, 0.4) is 0 Å². The Balaban J connectivity index is 2.11. The first-order valence-corrected chi connectivity index (χ1v) is 8.56. The number of esters is 1. The van der Waals surface area contributed by atoms with Crippen LogP contribution in [0, 0.1) is 28.4 Å². The number of nitro benzene ring substituents is 1. The lowest BCUT2D eigenvalue weighted by Gasteiger charge is -2.21. The van der Waals surface area contributed by atoms with Crippen molar-refractivity contribution in [3.05, 3.63) is 68.7 Å². The van der Waals surface area contributed by atoms with Gasteiger partial charge in [-0.1, -0.05) is 23.7 Å². The quantitative estimate of drug-likeness (QED) is 0.397. The third kappa shape index (κ3) is 5.28. The van der Waals surface area contributed by atoms with E-state index in [1.807, 2.05) is 6.07 Å². The van der Waals surface area contributed by atoms with Crippen molar-refractivity contribution < 1.29 is 19.2 Å². The Morgan fingerprint density at radius 3 is 2.68 bits per heavy atom. The highest BCUT2D eigenvalue weighted by molar-refractivity contribution is 6.30. The molecule has 2 rings (SSSR count). The Labute approximate surface area is 166 Å². The van der Waals surface area contributed by atoms with Gasteiger partial charge in [-0.2, -0.15) is 5.26 Å². The van der Waals surface area contributed by atoms with Gasteiger partial charge in [-0.15, -0.1) is 0 Å². The van der Waals surface area contributed by atoms with E-state index in [0.29, 0.717) is 16.3 Å². The molecule has 0 unspecified atom stereocenters. The van der Waals surface area contributed by atoms with E-state index in [2.05, 4.69) is 0 Å². The molecule has 0 aliphatic rings. The number of benzene rings is 2. The summed E-state index contributed by atoms with van der Waals surface area (Å²) in [7, 11) is 0. The molecule has 0 heterocycles. The van der Waals surface area contributed by atoms with E-state index in [-0.39, 0.29) is 24.2 Å². The number of halogens is 1. The minimum absolute atomic E-state index is 0.0311. The summed E-state index contributed by atoms with van der Waals surface area (Å²) in [5, 5.41) is 20.2. The fraction of sp³-hybridized carbons (Fsp3) is 0.211. The molecule has 8 nitrogen and oxygen atoms in total. The highest BCUT2D eigenvalue weighted by atomic mass is 35.5. The van der Waals surface area contributed by atoms with Gasteiger partial charge in [-0.3, -0.25) is 14.9 Å². The number of hydrogen-bond donors (Lipinski definition) is 0. The number of rotatable bonds is 7. The maximum atomic E-state index is 12.5. The highest BCUT2D eigenvalue weighted by Crippen LogP contribution is 2.21. The molecule has 28 heavy (non-hydrogen) atoms. The Morgan fingerprint density at radius 2 is 2.04 bits per heavy atom. The fourth-order valence-electron chi connectivity index (χ4n) is 2.43. The van der Waals surface area contributed by atoms with E-state index < -0.39 is 23.4 Å². The monoisotopic (exact) mass is 401 g/mol. The van der Waals surface area contributed by atoms with E-state index in [4.69, 9.17) is 21.6 Å². The van der Waals surface area contributed by atoms with Gasteiger partial charge in [0.1, 0.15) is 0 Å². The molecule has 0 aliphatic heterocycles. The molecule has 0 radical (unpaired) electrons. The summed E-state index contributed by atoms with van der Waals surface area (Å²) >= 11 is 5.94. The maximum Gasteiger partial charge on any atom is 0.338 e. The number of aryl methyl sites for hydroxylation is 1. The van der Waals surface area contributed by atoms with Gasteiger partial charge in [0.05, 0.1) is 23.0 Å². The maximum absolute atomic E-state index is 12.5. The lowest BCUT2D eigenvalue weighted by Crippen LogP contribution is -2.35. The van der Waals surface area contributed by atoms with Gasteiger partial charge < -0.3 is 9.64 Å². The van der Waals surface area contributed by atoms with Crippen molar-refractivity contribution in [2.45, 2.75) is 13.3 Å². The van der Waals surface area contributed by atoms with E-state index in [1.54, 1.807) is 31.2 Å². The summed E-state index contributed by atoms with van der Waals surface area (Å²) in [6.07, 6.45) is 0.0797. The van der Waals surface area contributed by atoms with Gasteiger partial charge in [0.2, 0.25) is 0 Å². The van der Waals surface area contributed by atoms with E-state index >= 15 is 0 Å². The molecule has 2 aromatic carbocycles. The number of carbonyl (C=O) groups is 2. The topological polar surface area (TPSA) is 114 Å². The molecular formula is C19H16ClN3O5. The average Bonchev–Trinajstić information content (AvgIpc) is 2.66. The molecule has 0 saturated carbocycles. The Bertz CT molecular complexity index is 955. The van der Waals surface area contributed by atoms with Crippen LogP contribution in [0.2, 0.25) is 5.02 Å². The lowest BCUT2D eigenvalue weighted by molar-refractivity contribution is -0.385. The fourth-order valence-corrected chi connectivity index (χ4v) is 2.61. The molecule has 0 spiro atoms. The van der Waals surface area contributed by atoms with Crippen LogP contribution in [0.15, 0.2) is 42.5 Å².